The van der Waals surface area contributed by atoms with E-state index in [0.717, 1.165) is 35.5 Å². The first-order valence-corrected chi connectivity index (χ1v) is 10.8. The Bertz CT molecular complexity index is 831. The number of hydrogen-bond donors (Lipinski definition) is 0. The second-order valence-corrected chi connectivity index (χ2v) is 9.80. The predicted octanol–water partition coefficient (Wildman–Crippen LogP) is 6.96. The van der Waals surface area contributed by atoms with E-state index in [1.165, 1.54) is 51.4 Å². The SMILES string of the molecule is Cc1ccc2c(C3CC4CCC3C4)cccc2c1C1CC2CCC1C2. The lowest BCUT2D eigenvalue weighted by atomic mass is 9.77. The second-order valence-electron chi connectivity index (χ2n) is 9.80. The van der Waals surface area contributed by atoms with Crippen LogP contribution in [0.15, 0.2) is 30.3 Å². The summed E-state index contributed by atoms with van der Waals surface area (Å²) in [7, 11) is 0. The third kappa shape index (κ3) is 2.12. The summed E-state index contributed by atoms with van der Waals surface area (Å²) in [5.41, 5.74) is 4.97. The third-order valence-corrected chi connectivity index (χ3v) is 8.60. The van der Waals surface area contributed by atoms with Crippen molar-refractivity contribution >= 4 is 10.8 Å². The van der Waals surface area contributed by atoms with Gasteiger partial charge in [0.1, 0.15) is 0 Å². The third-order valence-electron chi connectivity index (χ3n) is 8.60. The molecule has 0 saturated heterocycles. The monoisotopic (exact) mass is 330 g/mol. The van der Waals surface area contributed by atoms with Crippen molar-refractivity contribution in [3.8, 4) is 0 Å². The average Bonchev–Trinajstić information content (AvgIpc) is 3.41. The molecule has 0 nitrogen and oxygen atoms in total. The van der Waals surface area contributed by atoms with Gasteiger partial charge in [0, 0.05) is 0 Å². The summed E-state index contributed by atoms with van der Waals surface area (Å²) in [5.74, 6) is 5.69. The minimum absolute atomic E-state index is 0.845. The molecule has 0 spiro atoms. The van der Waals surface area contributed by atoms with Crippen molar-refractivity contribution in [2.24, 2.45) is 23.7 Å². The minimum atomic E-state index is 0.845. The number of rotatable bonds is 2. The molecule has 6 atom stereocenters. The number of fused-ring (bicyclic) bond motifs is 5. The van der Waals surface area contributed by atoms with Crippen LogP contribution in [0.2, 0.25) is 0 Å². The fraction of sp³-hybridized carbons (Fsp3) is 0.600. The van der Waals surface area contributed by atoms with Crippen LogP contribution < -0.4 is 0 Å². The second kappa shape index (κ2) is 5.35. The molecule has 130 valence electrons. The standard InChI is InChI=1S/C25H30/c1-15-5-10-21-20(23-13-16-6-8-18(23)11-16)3-2-4-22(21)25(15)24-14-17-7-9-19(24)12-17/h2-5,10,16-19,23-24H,6-9,11-14H2,1H3. The summed E-state index contributed by atoms with van der Waals surface area (Å²) in [6.45, 7) is 2.37. The Labute approximate surface area is 152 Å². The maximum absolute atomic E-state index is 2.47. The topological polar surface area (TPSA) is 0 Å². The van der Waals surface area contributed by atoms with Gasteiger partial charge in [-0.2, -0.15) is 0 Å². The smallest absolute Gasteiger partial charge is 0.0122 e. The Hall–Kier alpha value is -1.30. The normalized spacial score (nSPS) is 38.9. The first-order valence-electron chi connectivity index (χ1n) is 10.8. The zero-order valence-corrected chi connectivity index (χ0v) is 15.5. The highest BCUT2D eigenvalue weighted by Crippen LogP contribution is 2.56. The molecular formula is C25H30. The molecule has 6 rings (SSSR count). The molecule has 0 aromatic heterocycles. The van der Waals surface area contributed by atoms with Crippen molar-refractivity contribution in [3.05, 3.63) is 47.0 Å². The van der Waals surface area contributed by atoms with Gasteiger partial charge in [-0.3, -0.25) is 0 Å². The van der Waals surface area contributed by atoms with Gasteiger partial charge in [0.05, 0.1) is 0 Å². The van der Waals surface area contributed by atoms with Crippen molar-refractivity contribution in [1.29, 1.82) is 0 Å². The van der Waals surface area contributed by atoms with Crippen LogP contribution in [0.3, 0.4) is 0 Å². The number of hydrogen-bond acceptors (Lipinski definition) is 0. The molecular weight excluding hydrogens is 300 g/mol. The molecule has 4 saturated carbocycles. The lowest BCUT2D eigenvalue weighted by Gasteiger charge is -2.28. The molecule has 0 radical (unpaired) electrons. The van der Waals surface area contributed by atoms with E-state index < -0.39 is 0 Å². The first-order chi connectivity index (χ1) is 12.3. The van der Waals surface area contributed by atoms with Crippen LogP contribution >= 0.6 is 0 Å². The van der Waals surface area contributed by atoms with Crippen LogP contribution in [0.1, 0.15) is 79.9 Å². The van der Waals surface area contributed by atoms with Gasteiger partial charge in [0.2, 0.25) is 0 Å². The van der Waals surface area contributed by atoms with Crippen molar-refractivity contribution in [3.63, 3.8) is 0 Å². The highest BCUT2D eigenvalue weighted by molar-refractivity contribution is 5.90. The number of aryl methyl sites for hydroxylation is 1. The van der Waals surface area contributed by atoms with E-state index in [1.807, 2.05) is 0 Å². The zero-order chi connectivity index (χ0) is 16.5. The Morgan fingerprint density at radius 3 is 2.04 bits per heavy atom. The molecule has 2 aromatic rings. The van der Waals surface area contributed by atoms with Crippen molar-refractivity contribution < 1.29 is 0 Å². The summed E-state index contributed by atoms with van der Waals surface area (Å²) in [5, 5.41) is 3.21. The summed E-state index contributed by atoms with van der Waals surface area (Å²) in [4.78, 5) is 0. The molecule has 4 bridgehead atoms. The molecule has 4 aliphatic carbocycles. The molecule has 0 heterocycles. The van der Waals surface area contributed by atoms with Crippen molar-refractivity contribution in [2.75, 3.05) is 0 Å². The van der Waals surface area contributed by atoms with E-state index in [-0.39, 0.29) is 0 Å². The Morgan fingerprint density at radius 2 is 1.40 bits per heavy atom. The summed E-state index contributed by atoms with van der Waals surface area (Å²) in [6.07, 6.45) is 11.9. The van der Waals surface area contributed by atoms with E-state index in [4.69, 9.17) is 0 Å². The van der Waals surface area contributed by atoms with Gasteiger partial charge in [0.15, 0.2) is 0 Å². The molecule has 4 aliphatic rings. The van der Waals surface area contributed by atoms with Gasteiger partial charge in [-0.15, -0.1) is 0 Å². The van der Waals surface area contributed by atoms with E-state index in [9.17, 15) is 0 Å². The van der Waals surface area contributed by atoms with Gasteiger partial charge in [-0.05, 0) is 108 Å². The van der Waals surface area contributed by atoms with Crippen LogP contribution in [0.5, 0.6) is 0 Å². The van der Waals surface area contributed by atoms with Crippen LogP contribution in [-0.4, -0.2) is 0 Å². The van der Waals surface area contributed by atoms with Crippen LogP contribution in [-0.2, 0) is 0 Å². The zero-order valence-electron chi connectivity index (χ0n) is 15.5. The molecule has 25 heavy (non-hydrogen) atoms. The highest BCUT2D eigenvalue weighted by Gasteiger charge is 2.42. The predicted molar refractivity (Wildman–Crippen MR) is 105 cm³/mol. The van der Waals surface area contributed by atoms with Crippen LogP contribution in [0.4, 0.5) is 0 Å². The lowest BCUT2D eigenvalue weighted by molar-refractivity contribution is 0.419. The largest absolute Gasteiger partial charge is 0.0613 e. The molecule has 0 heteroatoms. The fourth-order valence-corrected chi connectivity index (χ4v) is 7.55. The first kappa shape index (κ1) is 14.8. The van der Waals surface area contributed by atoms with Crippen molar-refractivity contribution in [2.45, 2.75) is 70.1 Å². The van der Waals surface area contributed by atoms with Gasteiger partial charge in [-0.25, -0.2) is 0 Å². The fourth-order valence-electron chi connectivity index (χ4n) is 7.55. The Kier molecular flexibility index (Phi) is 3.17. The molecule has 4 fully saturated rings. The maximum Gasteiger partial charge on any atom is -0.0122 e. The summed E-state index contributed by atoms with van der Waals surface area (Å²) < 4.78 is 0. The van der Waals surface area contributed by atoms with Crippen LogP contribution in [0, 0.1) is 30.6 Å². The summed E-state index contributed by atoms with van der Waals surface area (Å²) >= 11 is 0. The molecule has 6 unspecified atom stereocenters. The number of benzene rings is 2. The minimum Gasteiger partial charge on any atom is -0.0613 e. The average molecular weight is 331 g/mol. The highest BCUT2D eigenvalue weighted by atomic mass is 14.5. The van der Waals surface area contributed by atoms with Gasteiger partial charge >= 0.3 is 0 Å². The van der Waals surface area contributed by atoms with Gasteiger partial charge in [0.25, 0.3) is 0 Å². The summed E-state index contributed by atoms with van der Waals surface area (Å²) in [6, 6.07) is 12.2. The molecule has 0 aliphatic heterocycles. The molecule has 0 N–H and O–H groups in total. The Morgan fingerprint density at radius 1 is 0.680 bits per heavy atom. The van der Waals surface area contributed by atoms with E-state index in [2.05, 4.69) is 37.3 Å². The lowest BCUT2D eigenvalue weighted by Crippen LogP contribution is -2.12. The van der Waals surface area contributed by atoms with E-state index >= 15 is 0 Å². The quantitative estimate of drug-likeness (QED) is 0.558. The van der Waals surface area contributed by atoms with E-state index in [0.29, 0.717) is 0 Å². The van der Waals surface area contributed by atoms with Gasteiger partial charge in [-0.1, -0.05) is 43.2 Å². The molecule has 0 amide bonds. The van der Waals surface area contributed by atoms with Gasteiger partial charge < -0.3 is 0 Å². The Balaban J connectivity index is 1.49. The van der Waals surface area contributed by atoms with Crippen LogP contribution in [0.25, 0.3) is 10.8 Å². The van der Waals surface area contributed by atoms with E-state index in [1.54, 1.807) is 27.5 Å². The van der Waals surface area contributed by atoms with Crippen molar-refractivity contribution in [1.82, 2.24) is 0 Å². The maximum atomic E-state index is 2.47. The molecule has 2 aromatic carbocycles.